The maximum absolute atomic E-state index is 12.3. The number of hydrogen-bond acceptors (Lipinski definition) is 5. The summed E-state index contributed by atoms with van der Waals surface area (Å²) in [5.41, 5.74) is 0.704. The van der Waals surface area contributed by atoms with E-state index in [2.05, 4.69) is 15.5 Å². The third-order valence-electron chi connectivity index (χ3n) is 4.35. The molecule has 0 unspecified atom stereocenters. The number of urea groups is 1. The molecule has 0 radical (unpaired) electrons. The summed E-state index contributed by atoms with van der Waals surface area (Å²) in [6.07, 6.45) is 6.12. The Balaban J connectivity index is 1.58. The molecule has 2 N–H and O–H groups in total. The Morgan fingerprint density at radius 3 is 2.79 bits per heavy atom. The average Bonchev–Trinajstić information content (AvgIpc) is 3.06. The van der Waals surface area contributed by atoms with Gasteiger partial charge in [0.05, 0.1) is 6.54 Å². The number of nitrogens with one attached hydrogen (secondary N) is 1. The molecule has 1 fully saturated rings. The van der Waals surface area contributed by atoms with Gasteiger partial charge in [-0.15, -0.1) is 10.2 Å². The van der Waals surface area contributed by atoms with Crippen molar-refractivity contribution in [2.45, 2.75) is 44.6 Å². The molecule has 2 aromatic rings. The summed E-state index contributed by atoms with van der Waals surface area (Å²) in [7, 11) is 1.69. The molecule has 24 heavy (non-hydrogen) atoms. The lowest BCUT2D eigenvalue weighted by Crippen LogP contribution is -2.30. The first-order chi connectivity index (χ1) is 11.6. The van der Waals surface area contributed by atoms with Crippen molar-refractivity contribution in [1.82, 2.24) is 15.1 Å². The van der Waals surface area contributed by atoms with Crippen molar-refractivity contribution in [1.29, 1.82) is 0 Å². The third kappa shape index (κ3) is 4.03. The van der Waals surface area contributed by atoms with Crippen LogP contribution < -0.4 is 5.32 Å². The number of para-hydroxylation sites is 1. The smallest absolute Gasteiger partial charge is 0.323 e. The zero-order valence-electron chi connectivity index (χ0n) is 13.7. The van der Waals surface area contributed by atoms with Gasteiger partial charge in [-0.2, -0.15) is 0 Å². The highest BCUT2D eigenvalue weighted by Crippen LogP contribution is 2.35. The number of phenolic OH excluding ortho intramolecular Hbond substituents is 1. The zero-order chi connectivity index (χ0) is 16.9. The summed E-state index contributed by atoms with van der Waals surface area (Å²) >= 11 is 1.46. The number of aromatic nitrogens is 2. The van der Waals surface area contributed by atoms with Crippen LogP contribution in [0, 0.1) is 0 Å². The predicted molar refractivity (Wildman–Crippen MR) is 94.3 cm³/mol. The van der Waals surface area contributed by atoms with Gasteiger partial charge in [0.25, 0.3) is 0 Å². The minimum atomic E-state index is -0.260. The number of phenols is 1. The number of amides is 2. The largest absolute Gasteiger partial charge is 0.508 e. The summed E-state index contributed by atoms with van der Waals surface area (Å²) in [5.74, 6) is 0.675. The minimum absolute atomic E-state index is 0.188. The molecule has 0 aliphatic heterocycles. The van der Waals surface area contributed by atoms with Gasteiger partial charge in [-0.3, -0.25) is 5.32 Å². The van der Waals surface area contributed by atoms with Gasteiger partial charge in [-0.1, -0.05) is 48.8 Å². The second kappa shape index (κ2) is 7.61. The first-order valence-corrected chi connectivity index (χ1v) is 9.07. The Morgan fingerprint density at radius 2 is 2.04 bits per heavy atom. The summed E-state index contributed by atoms with van der Waals surface area (Å²) in [4.78, 5) is 13.8. The molecule has 1 aromatic carbocycles. The van der Waals surface area contributed by atoms with Gasteiger partial charge in [-0.25, -0.2) is 4.79 Å². The second-order valence-electron chi connectivity index (χ2n) is 6.20. The van der Waals surface area contributed by atoms with Crippen molar-refractivity contribution in [2.24, 2.45) is 0 Å². The lowest BCUT2D eigenvalue weighted by atomic mass is 9.90. The van der Waals surface area contributed by atoms with Crippen molar-refractivity contribution < 1.29 is 9.90 Å². The first kappa shape index (κ1) is 16.7. The molecular weight excluding hydrogens is 324 g/mol. The van der Waals surface area contributed by atoms with Gasteiger partial charge in [0, 0.05) is 18.5 Å². The van der Waals surface area contributed by atoms with Gasteiger partial charge in [-0.05, 0) is 18.9 Å². The molecule has 0 atom stereocenters. The van der Waals surface area contributed by atoms with Crippen LogP contribution in [0.25, 0.3) is 0 Å². The number of anilines is 1. The predicted octanol–water partition coefficient (Wildman–Crippen LogP) is 3.96. The van der Waals surface area contributed by atoms with Crippen molar-refractivity contribution in [3.8, 4) is 5.75 Å². The molecule has 128 valence electrons. The molecule has 1 aliphatic carbocycles. The van der Waals surface area contributed by atoms with E-state index in [1.54, 1.807) is 25.2 Å². The number of nitrogens with zero attached hydrogens (tertiary/aromatic N) is 3. The zero-order valence-corrected chi connectivity index (χ0v) is 14.6. The average molecular weight is 346 g/mol. The normalized spacial score (nSPS) is 15.2. The van der Waals surface area contributed by atoms with E-state index in [9.17, 15) is 9.90 Å². The van der Waals surface area contributed by atoms with Gasteiger partial charge < -0.3 is 10.0 Å². The molecule has 3 rings (SSSR count). The number of carbonyl (C=O) groups excluding carboxylic acids is 1. The van der Waals surface area contributed by atoms with Crippen LogP contribution in [0.5, 0.6) is 5.75 Å². The van der Waals surface area contributed by atoms with Gasteiger partial charge in [0.1, 0.15) is 10.8 Å². The van der Waals surface area contributed by atoms with E-state index in [0.29, 0.717) is 23.2 Å². The number of aromatic hydroxyl groups is 1. The van der Waals surface area contributed by atoms with Crippen LogP contribution in [0.1, 0.15) is 48.6 Å². The van der Waals surface area contributed by atoms with Crippen LogP contribution in [-0.4, -0.2) is 33.3 Å². The maximum Gasteiger partial charge on any atom is 0.323 e. The molecule has 6 nitrogen and oxygen atoms in total. The Hall–Kier alpha value is -2.15. The van der Waals surface area contributed by atoms with Crippen molar-refractivity contribution in [2.75, 3.05) is 12.4 Å². The fourth-order valence-corrected chi connectivity index (χ4v) is 3.86. The first-order valence-electron chi connectivity index (χ1n) is 8.26. The van der Waals surface area contributed by atoms with E-state index >= 15 is 0 Å². The molecular formula is C17H22N4O2S. The fourth-order valence-electron chi connectivity index (χ4n) is 2.96. The highest BCUT2D eigenvalue weighted by molar-refractivity contribution is 7.15. The quantitative estimate of drug-likeness (QED) is 0.878. The van der Waals surface area contributed by atoms with E-state index in [4.69, 9.17) is 0 Å². The van der Waals surface area contributed by atoms with Crippen molar-refractivity contribution in [3.63, 3.8) is 0 Å². The topological polar surface area (TPSA) is 78.4 Å². The third-order valence-corrected chi connectivity index (χ3v) is 5.36. The van der Waals surface area contributed by atoms with E-state index in [1.165, 1.54) is 35.5 Å². The van der Waals surface area contributed by atoms with Crippen molar-refractivity contribution >= 4 is 22.5 Å². The highest BCUT2D eigenvalue weighted by atomic mass is 32.1. The fraction of sp³-hybridized carbons (Fsp3) is 0.471. The lowest BCUT2D eigenvalue weighted by Gasteiger charge is -2.18. The molecule has 1 aromatic heterocycles. The van der Waals surface area contributed by atoms with E-state index in [0.717, 1.165) is 17.8 Å². The number of carbonyl (C=O) groups is 1. The number of rotatable bonds is 4. The summed E-state index contributed by atoms with van der Waals surface area (Å²) in [6, 6.07) is 6.74. The molecule has 1 saturated carbocycles. The molecule has 1 aliphatic rings. The molecule has 1 heterocycles. The molecule has 0 saturated heterocycles. The second-order valence-corrected chi connectivity index (χ2v) is 7.20. The van der Waals surface area contributed by atoms with Crippen LogP contribution >= 0.6 is 11.3 Å². The van der Waals surface area contributed by atoms with Crippen molar-refractivity contribution in [3.05, 3.63) is 34.8 Å². The monoisotopic (exact) mass is 346 g/mol. The van der Waals surface area contributed by atoms with Crippen LogP contribution in [0.4, 0.5) is 9.93 Å². The van der Waals surface area contributed by atoms with Gasteiger partial charge in [0.2, 0.25) is 5.13 Å². The molecule has 0 spiro atoms. The minimum Gasteiger partial charge on any atom is -0.508 e. The van der Waals surface area contributed by atoms with Crippen LogP contribution in [-0.2, 0) is 6.54 Å². The molecule has 0 bridgehead atoms. The summed E-state index contributed by atoms with van der Waals surface area (Å²) < 4.78 is 0. The molecule has 2 amide bonds. The Labute approximate surface area is 145 Å². The number of benzene rings is 1. The summed E-state index contributed by atoms with van der Waals surface area (Å²) in [6.45, 7) is 0.326. The Bertz CT molecular complexity index is 697. The van der Waals surface area contributed by atoms with Crippen LogP contribution in [0.15, 0.2) is 24.3 Å². The van der Waals surface area contributed by atoms with Crippen LogP contribution in [0.2, 0.25) is 0 Å². The molecule has 7 heteroatoms. The summed E-state index contributed by atoms with van der Waals surface area (Å²) in [5, 5.41) is 22.5. The lowest BCUT2D eigenvalue weighted by molar-refractivity contribution is 0.220. The van der Waals surface area contributed by atoms with Gasteiger partial charge in [0.15, 0.2) is 0 Å². The van der Waals surface area contributed by atoms with Crippen LogP contribution in [0.3, 0.4) is 0 Å². The van der Waals surface area contributed by atoms with E-state index in [1.807, 2.05) is 6.07 Å². The highest BCUT2D eigenvalue weighted by Gasteiger charge is 2.21. The van der Waals surface area contributed by atoms with E-state index in [-0.39, 0.29) is 11.8 Å². The number of hydrogen-bond donors (Lipinski definition) is 2. The SMILES string of the molecule is CN(Cc1ccccc1O)C(=O)Nc1nnc(C2CCCCC2)s1. The van der Waals surface area contributed by atoms with E-state index < -0.39 is 0 Å². The Morgan fingerprint density at radius 1 is 1.29 bits per heavy atom. The maximum atomic E-state index is 12.3. The Kier molecular flexibility index (Phi) is 5.30. The standard InChI is InChI=1S/C17H22N4O2S/c1-21(11-13-9-5-6-10-14(13)22)17(23)18-16-20-19-15(24-16)12-7-3-2-4-8-12/h5-6,9-10,12,22H,2-4,7-8,11H2,1H3,(H,18,20,23). The van der Waals surface area contributed by atoms with Gasteiger partial charge >= 0.3 is 6.03 Å².